The first-order valence-electron chi connectivity index (χ1n) is 8.75. The SMILES string of the molecule is COc1ccc(S(=O)(=O)N2CCN(C)CC2)cc1NC(=O)c1ccc(Cl)cc1. The Morgan fingerprint density at radius 3 is 2.32 bits per heavy atom. The van der Waals surface area contributed by atoms with Crippen LogP contribution in [0.4, 0.5) is 5.69 Å². The minimum atomic E-state index is -3.66. The Morgan fingerprint density at radius 1 is 1.07 bits per heavy atom. The molecular weight excluding hydrogens is 402 g/mol. The maximum Gasteiger partial charge on any atom is 0.255 e. The highest BCUT2D eigenvalue weighted by molar-refractivity contribution is 7.89. The van der Waals surface area contributed by atoms with Gasteiger partial charge in [-0.05, 0) is 49.5 Å². The first-order valence-corrected chi connectivity index (χ1v) is 10.6. The van der Waals surface area contributed by atoms with Gasteiger partial charge in [0.05, 0.1) is 17.7 Å². The summed E-state index contributed by atoms with van der Waals surface area (Å²) in [6, 6.07) is 10.9. The Balaban J connectivity index is 1.87. The average molecular weight is 424 g/mol. The number of benzene rings is 2. The summed E-state index contributed by atoms with van der Waals surface area (Å²) in [6.45, 7) is 2.21. The van der Waals surface area contributed by atoms with Crippen LogP contribution < -0.4 is 10.1 Å². The van der Waals surface area contributed by atoms with Crippen molar-refractivity contribution in [3.63, 3.8) is 0 Å². The number of hydrogen-bond donors (Lipinski definition) is 1. The number of nitrogens with zero attached hydrogens (tertiary/aromatic N) is 2. The third-order valence-corrected chi connectivity index (χ3v) is 6.77. The Hall–Kier alpha value is -2.13. The van der Waals surface area contributed by atoms with Crippen LogP contribution in [0.5, 0.6) is 5.75 Å². The van der Waals surface area contributed by atoms with Crippen molar-refractivity contribution in [2.24, 2.45) is 0 Å². The van der Waals surface area contributed by atoms with Crippen LogP contribution in [0, 0.1) is 0 Å². The molecule has 1 N–H and O–H groups in total. The second-order valence-corrected chi connectivity index (χ2v) is 8.90. The van der Waals surface area contributed by atoms with Gasteiger partial charge in [0.1, 0.15) is 5.75 Å². The van der Waals surface area contributed by atoms with Crippen LogP contribution >= 0.6 is 11.6 Å². The number of rotatable bonds is 5. The number of piperazine rings is 1. The van der Waals surface area contributed by atoms with Crippen LogP contribution in [0.25, 0.3) is 0 Å². The lowest BCUT2D eigenvalue weighted by atomic mass is 10.2. The molecule has 0 unspecified atom stereocenters. The summed E-state index contributed by atoms with van der Waals surface area (Å²) in [5, 5.41) is 3.24. The van der Waals surface area contributed by atoms with Gasteiger partial charge in [-0.1, -0.05) is 11.6 Å². The van der Waals surface area contributed by atoms with Gasteiger partial charge in [0.15, 0.2) is 0 Å². The van der Waals surface area contributed by atoms with Gasteiger partial charge in [0.2, 0.25) is 10.0 Å². The molecule has 0 aromatic heterocycles. The zero-order chi connectivity index (χ0) is 20.3. The van der Waals surface area contributed by atoms with E-state index in [1.54, 1.807) is 30.3 Å². The first-order chi connectivity index (χ1) is 13.3. The van der Waals surface area contributed by atoms with Gasteiger partial charge in [-0.25, -0.2) is 8.42 Å². The smallest absolute Gasteiger partial charge is 0.255 e. The van der Waals surface area contributed by atoms with Gasteiger partial charge in [0, 0.05) is 36.8 Å². The van der Waals surface area contributed by atoms with Crippen molar-refractivity contribution in [2.75, 3.05) is 45.7 Å². The molecular formula is C19H22ClN3O4S. The van der Waals surface area contributed by atoms with Gasteiger partial charge in [0.25, 0.3) is 5.91 Å². The van der Waals surface area contributed by atoms with Crippen LogP contribution in [0.15, 0.2) is 47.4 Å². The van der Waals surface area contributed by atoms with Gasteiger partial charge >= 0.3 is 0 Å². The molecule has 1 aliphatic heterocycles. The second-order valence-electron chi connectivity index (χ2n) is 6.53. The topological polar surface area (TPSA) is 79.0 Å². The molecule has 1 saturated heterocycles. The van der Waals surface area contributed by atoms with Gasteiger partial charge < -0.3 is 15.0 Å². The lowest BCUT2D eigenvalue weighted by molar-refractivity contribution is 0.102. The number of carbonyl (C=O) groups excluding carboxylic acids is 1. The van der Waals surface area contributed by atoms with E-state index in [-0.39, 0.29) is 16.5 Å². The van der Waals surface area contributed by atoms with Crippen molar-refractivity contribution in [1.29, 1.82) is 0 Å². The fraction of sp³-hybridized carbons (Fsp3) is 0.316. The van der Waals surface area contributed by atoms with Crippen LogP contribution in [0.1, 0.15) is 10.4 Å². The molecule has 0 atom stereocenters. The molecule has 9 heteroatoms. The van der Waals surface area contributed by atoms with E-state index < -0.39 is 10.0 Å². The molecule has 2 aromatic rings. The highest BCUT2D eigenvalue weighted by Gasteiger charge is 2.28. The zero-order valence-corrected chi connectivity index (χ0v) is 17.3. The van der Waals surface area contributed by atoms with Crippen molar-refractivity contribution >= 4 is 33.2 Å². The highest BCUT2D eigenvalue weighted by Crippen LogP contribution is 2.29. The van der Waals surface area contributed by atoms with E-state index in [9.17, 15) is 13.2 Å². The minimum Gasteiger partial charge on any atom is -0.495 e. The number of hydrogen-bond acceptors (Lipinski definition) is 5. The van der Waals surface area contributed by atoms with E-state index in [2.05, 4.69) is 10.2 Å². The van der Waals surface area contributed by atoms with Crippen molar-refractivity contribution in [3.8, 4) is 5.75 Å². The molecule has 2 aromatic carbocycles. The number of anilines is 1. The molecule has 7 nitrogen and oxygen atoms in total. The predicted molar refractivity (Wildman–Crippen MR) is 109 cm³/mol. The normalized spacial score (nSPS) is 16.0. The number of likely N-dealkylation sites (N-methyl/N-ethyl adjacent to an activating group) is 1. The quantitative estimate of drug-likeness (QED) is 0.799. The summed E-state index contributed by atoms with van der Waals surface area (Å²) in [7, 11) is -0.236. The van der Waals surface area contributed by atoms with Crippen molar-refractivity contribution in [2.45, 2.75) is 4.90 Å². The van der Waals surface area contributed by atoms with Crippen molar-refractivity contribution < 1.29 is 17.9 Å². The van der Waals surface area contributed by atoms with Crippen LogP contribution in [0.2, 0.25) is 5.02 Å². The van der Waals surface area contributed by atoms with Gasteiger partial charge in [-0.2, -0.15) is 4.31 Å². The number of ether oxygens (including phenoxy) is 1. The summed E-state index contributed by atoms with van der Waals surface area (Å²) in [6.07, 6.45) is 0. The van der Waals surface area contributed by atoms with Gasteiger partial charge in [-0.3, -0.25) is 4.79 Å². The molecule has 150 valence electrons. The largest absolute Gasteiger partial charge is 0.495 e. The molecule has 0 aliphatic carbocycles. The summed E-state index contributed by atoms with van der Waals surface area (Å²) < 4.78 is 32.7. The fourth-order valence-corrected chi connectivity index (χ4v) is 4.49. The predicted octanol–water partition coefficient (Wildman–Crippen LogP) is 2.54. The molecule has 1 amide bonds. The van der Waals surface area contributed by atoms with Crippen LogP contribution in [-0.4, -0.2) is 63.9 Å². The minimum absolute atomic E-state index is 0.115. The Morgan fingerprint density at radius 2 is 1.71 bits per heavy atom. The fourth-order valence-electron chi connectivity index (χ4n) is 2.92. The summed E-state index contributed by atoms with van der Waals surface area (Å²) in [5.41, 5.74) is 0.691. The van der Waals surface area contributed by atoms with E-state index in [0.29, 0.717) is 42.5 Å². The third kappa shape index (κ3) is 4.47. The Labute approximate surface area is 169 Å². The van der Waals surface area contributed by atoms with Crippen molar-refractivity contribution in [3.05, 3.63) is 53.1 Å². The van der Waals surface area contributed by atoms with Gasteiger partial charge in [-0.15, -0.1) is 0 Å². The molecule has 0 saturated carbocycles. The number of halogens is 1. The van der Waals surface area contributed by atoms with E-state index in [1.807, 2.05) is 7.05 Å². The summed E-state index contributed by atoms with van der Waals surface area (Å²) in [4.78, 5) is 14.7. The number of sulfonamides is 1. The van der Waals surface area contributed by atoms with E-state index >= 15 is 0 Å². The Kier molecular flexibility index (Phi) is 6.24. The second kappa shape index (κ2) is 8.48. The lowest BCUT2D eigenvalue weighted by Gasteiger charge is -2.31. The van der Waals surface area contributed by atoms with E-state index in [0.717, 1.165) is 0 Å². The van der Waals surface area contributed by atoms with Crippen LogP contribution in [0.3, 0.4) is 0 Å². The maximum atomic E-state index is 13.0. The standard InChI is InChI=1S/C19H22ClN3O4S/c1-22-9-11-23(12-10-22)28(25,26)16-7-8-18(27-2)17(13-16)21-19(24)14-3-5-15(20)6-4-14/h3-8,13H,9-12H2,1-2H3,(H,21,24). The number of amides is 1. The summed E-state index contributed by atoms with van der Waals surface area (Å²) in [5.74, 6) is -0.0104. The molecule has 0 spiro atoms. The summed E-state index contributed by atoms with van der Waals surface area (Å²) >= 11 is 5.85. The number of nitrogens with one attached hydrogen (secondary N) is 1. The molecule has 28 heavy (non-hydrogen) atoms. The molecule has 0 bridgehead atoms. The molecule has 1 fully saturated rings. The molecule has 3 rings (SSSR count). The van der Waals surface area contributed by atoms with Crippen LogP contribution in [-0.2, 0) is 10.0 Å². The van der Waals surface area contributed by atoms with Crippen molar-refractivity contribution in [1.82, 2.24) is 9.21 Å². The first kappa shape index (κ1) is 20.6. The van der Waals surface area contributed by atoms with E-state index in [4.69, 9.17) is 16.3 Å². The Bertz CT molecular complexity index is 956. The highest BCUT2D eigenvalue weighted by atomic mass is 35.5. The number of methoxy groups -OCH3 is 1. The molecule has 1 heterocycles. The molecule has 0 radical (unpaired) electrons. The van der Waals surface area contributed by atoms with E-state index in [1.165, 1.54) is 23.5 Å². The lowest BCUT2D eigenvalue weighted by Crippen LogP contribution is -2.47. The monoisotopic (exact) mass is 423 g/mol. The zero-order valence-electron chi connectivity index (χ0n) is 15.7. The third-order valence-electron chi connectivity index (χ3n) is 4.63. The average Bonchev–Trinajstić information content (AvgIpc) is 2.68. The maximum absolute atomic E-state index is 13.0. The number of carbonyl (C=O) groups is 1. The molecule has 1 aliphatic rings.